The van der Waals surface area contributed by atoms with Gasteiger partial charge in [-0.05, 0) is 48.4 Å². The van der Waals surface area contributed by atoms with E-state index in [9.17, 15) is 17.6 Å². The summed E-state index contributed by atoms with van der Waals surface area (Å²) in [5.74, 6) is 0.270. The Labute approximate surface area is 215 Å². The SMILES string of the molecule is COc1ccc(OC)c(N(CC(=O)NCCc2ccc(F)cc2)S(=O)(=O)c2ccc(OC)c(OC)c2)c1. The lowest BCUT2D eigenvalue weighted by molar-refractivity contribution is -0.119. The van der Waals surface area contributed by atoms with Gasteiger partial charge in [-0.3, -0.25) is 9.10 Å². The van der Waals surface area contributed by atoms with E-state index in [1.54, 1.807) is 24.3 Å². The Morgan fingerprint density at radius 3 is 2.11 bits per heavy atom. The number of nitrogens with zero attached hydrogens (tertiary/aromatic N) is 1. The molecule has 0 bridgehead atoms. The molecular formula is C26H29FN2O7S. The van der Waals surface area contributed by atoms with Crippen molar-refractivity contribution in [3.05, 3.63) is 72.0 Å². The summed E-state index contributed by atoms with van der Waals surface area (Å²) in [7, 11) is 1.39. The number of nitrogens with one attached hydrogen (secondary N) is 1. The third-order valence-corrected chi connectivity index (χ3v) is 7.29. The molecule has 0 aliphatic heterocycles. The molecule has 0 atom stereocenters. The van der Waals surface area contributed by atoms with Crippen molar-refractivity contribution in [3.63, 3.8) is 0 Å². The van der Waals surface area contributed by atoms with E-state index >= 15 is 0 Å². The molecule has 0 heterocycles. The standard InChI is InChI=1S/C26H29FN2O7S/c1-33-20-9-11-23(34-2)22(15-20)29(17-26(30)28-14-13-18-5-7-19(27)8-6-18)37(31,32)21-10-12-24(35-3)25(16-21)36-4/h5-12,15-16H,13-14,17H2,1-4H3,(H,28,30). The van der Waals surface area contributed by atoms with Crippen LogP contribution in [0.15, 0.2) is 65.6 Å². The Balaban J connectivity index is 1.94. The van der Waals surface area contributed by atoms with Gasteiger partial charge in [-0.15, -0.1) is 0 Å². The fourth-order valence-corrected chi connectivity index (χ4v) is 5.02. The Morgan fingerprint density at radius 1 is 0.838 bits per heavy atom. The number of anilines is 1. The molecule has 3 aromatic carbocycles. The first-order valence-electron chi connectivity index (χ1n) is 11.2. The predicted octanol–water partition coefficient (Wildman–Crippen LogP) is 3.41. The lowest BCUT2D eigenvalue weighted by atomic mass is 10.1. The fraction of sp³-hybridized carbons (Fsp3) is 0.269. The van der Waals surface area contributed by atoms with Gasteiger partial charge in [0.1, 0.15) is 23.9 Å². The molecule has 1 amide bonds. The smallest absolute Gasteiger partial charge is 0.265 e. The number of carbonyl (C=O) groups is 1. The second-order valence-electron chi connectivity index (χ2n) is 7.79. The molecule has 0 aliphatic carbocycles. The molecule has 0 fully saturated rings. The molecule has 0 saturated carbocycles. The highest BCUT2D eigenvalue weighted by atomic mass is 32.2. The first-order valence-corrected chi connectivity index (χ1v) is 12.7. The van der Waals surface area contributed by atoms with E-state index in [1.807, 2.05) is 0 Å². The number of benzene rings is 3. The van der Waals surface area contributed by atoms with Gasteiger partial charge in [0, 0.05) is 18.7 Å². The van der Waals surface area contributed by atoms with Gasteiger partial charge in [0.05, 0.1) is 39.0 Å². The monoisotopic (exact) mass is 532 g/mol. The summed E-state index contributed by atoms with van der Waals surface area (Å²) in [4.78, 5) is 12.8. The minimum Gasteiger partial charge on any atom is -0.497 e. The molecule has 0 spiro atoms. The molecule has 3 aromatic rings. The highest BCUT2D eigenvalue weighted by molar-refractivity contribution is 7.92. The molecule has 3 rings (SSSR count). The van der Waals surface area contributed by atoms with Crippen LogP contribution in [-0.4, -0.2) is 55.9 Å². The van der Waals surface area contributed by atoms with E-state index in [-0.39, 0.29) is 34.4 Å². The average molecular weight is 533 g/mol. The van der Waals surface area contributed by atoms with Crippen LogP contribution in [0.3, 0.4) is 0 Å². The van der Waals surface area contributed by atoms with Crippen LogP contribution >= 0.6 is 0 Å². The van der Waals surface area contributed by atoms with Crippen molar-refractivity contribution in [2.75, 3.05) is 45.8 Å². The van der Waals surface area contributed by atoms with Crippen LogP contribution in [0.25, 0.3) is 0 Å². The molecule has 0 saturated heterocycles. The lowest BCUT2D eigenvalue weighted by Crippen LogP contribution is -2.41. The number of amides is 1. The number of rotatable bonds is 12. The molecule has 1 N–H and O–H groups in total. The highest BCUT2D eigenvalue weighted by Gasteiger charge is 2.31. The van der Waals surface area contributed by atoms with Crippen molar-refractivity contribution in [2.45, 2.75) is 11.3 Å². The Bertz CT molecular complexity index is 1330. The molecule has 0 aromatic heterocycles. The van der Waals surface area contributed by atoms with Crippen molar-refractivity contribution in [1.82, 2.24) is 5.32 Å². The van der Waals surface area contributed by atoms with Crippen molar-refractivity contribution in [2.24, 2.45) is 0 Å². The quantitative estimate of drug-likeness (QED) is 0.381. The average Bonchev–Trinajstić information content (AvgIpc) is 2.91. The topological polar surface area (TPSA) is 103 Å². The maximum Gasteiger partial charge on any atom is 0.265 e. The summed E-state index contributed by atoms with van der Waals surface area (Å²) in [5.41, 5.74) is 0.941. The van der Waals surface area contributed by atoms with Gasteiger partial charge in [-0.2, -0.15) is 0 Å². The van der Waals surface area contributed by atoms with Crippen LogP contribution in [0, 0.1) is 5.82 Å². The molecule has 198 valence electrons. The van der Waals surface area contributed by atoms with Crippen LogP contribution in [0.5, 0.6) is 23.0 Å². The van der Waals surface area contributed by atoms with Crippen LogP contribution in [-0.2, 0) is 21.2 Å². The first kappa shape index (κ1) is 27.6. The molecule has 0 aliphatic rings. The fourth-order valence-electron chi connectivity index (χ4n) is 3.58. The second-order valence-corrected chi connectivity index (χ2v) is 9.65. The number of sulfonamides is 1. The van der Waals surface area contributed by atoms with Crippen molar-refractivity contribution >= 4 is 21.6 Å². The molecular weight excluding hydrogens is 503 g/mol. The maximum atomic E-state index is 13.8. The maximum absolute atomic E-state index is 13.8. The molecule has 37 heavy (non-hydrogen) atoms. The number of halogens is 1. The van der Waals surface area contributed by atoms with Crippen LogP contribution in [0.1, 0.15) is 5.56 Å². The molecule has 9 nitrogen and oxygen atoms in total. The van der Waals surface area contributed by atoms with Gasteiger partial charge in [0.25, 0.3) is 10.0 Å². The highest BCUT2D eigenvalue weighted by Crippen LogP contribution is 2.37. The molecule has 0 unspecified atom stereocenters. The van der Waals surface area contributed by atoms with E-state index < -0.39 is 22.5 Å². The summed E-state index contributed by atoms with van der Waals surface area (Å²) in [6.45, 7) is -0.312. The van der Waals surface area contributed by atoms with Gasteiger partial charge < -0.3 is 24.3 Å². The minimum atomic E-state index is -4.29. The van der Waals surface area contributed by atoms with E-state index in [0.29, 0.717) is 17.9 Å². The summed E-state index contributed by atoms with van der Waals surface area (Å²) in [6, 6.07) is 14.7. The Kier molecular flexibility index (Phi) is 9.18. The van der Waals surface area contributed by atoms with Crippen molar-refractivity contribution < 1.29 is 36.6 Å². The zero-order valence-electron chi connectivity index (χ0n) is 21.0. The second kappa shape index (κ2) is 12.3. The number of carbonyl (C=O) groups excluding carboxylic acids is 1. The van der Waals surface area contributed by atoms with E-state index in [4.69, 9.17) is 18.9 Å². The zero-order valence-corrected chi connectivity index (χ0v) is 21.8. The van der Waals surface area contributed by atoms with Crippen molar-refractivity contribution in [3.8, 4) is 23.0 Å². The lowest BCUT2D eigenvalue weighted by Gasteiger charge is -2.26. The van der Waals surface area contributed by atoms with Crippen LogP contribution < -0.4 is 28.6 Å². The number of methoxy groups -OCH3 is 4. The van der Waals surface area contributed by atoms with Gasteiger partial charge in [-0.25, -0.2) is 12.8 Å². The third kappa shape index (κ3) is 6.62. The normalized spacial score (nSPS) is 10.9. The summed E-state index contributed by atoms with van der Waals surface area (Å²) in [5, 5.41) is 2.72. The predicted molar refractivity (Wildman–Crippen MR) is 137 cm³/mol. The van der Waals surface area contributed by atoms with Gasteiger partial charge >= 0.3 is 0 Å². The van der Waals surface area contributed by atoms with E-state index in [1.165, 1.54) is 64.8 Å². The number of ether oxygens (including phenoxy) is 4. The summed E-state index contributed by atoms with van der Waals surface area (Å²) < 4.78 is 62.9. The van der Waals surface area contributed by atoms with Crippen LogP contribution in [0.2, 0.25) is 0 Å². The molecule has 0 radical (unpaired) electrons. The first-order chi connectivity index (χ1) is 17.7. The number of hydrogen-bond acceptors (Lipinski definition) is 7. The van der Waals surface area contributed by atoms with Gasteiger partial charge in [0.2, 0.25) is 5.91 Å². The van der Waals surface area contributed by atoms with E-state index in [2.05, 4.69) is 5.32 Å². The summed E-state index contributed by atoms with van der Waals surface area (Å²) >= 11 is 0. The largest absolute Gasteiger partial charge is 0.497 e. The van der Waals surface area contributed by atoms with Crippen molar-refractivity contribution in [1.29, 1.82) is 0 Å². The Morgan fingerprint density at radius 2 is 1.49 bits per heavy atom. The number of hydrogen-bond donors (Lipinski definition) is 1. The minimum absolute atomic E-state index is 0.116. The van der Waals surface area contributed by atoms with Gasteiger partial charge in [-0.1, -0.05) is 12.1 Å². The zero-order chi connectivity index (χ0) is 27.0. The molecule has 11 heteroatoms. The van der Waals surface area contributed by atoms with Crippen LogP contribution in [0.4, 0.5) is 10.1 Å². The van der Waals surface area contributed by atoms with E-state index in [0.717, 1.165) is 9.87 Å². The third-order valence-electron chi connectivity index (χ3n) is 5.53. The summed E-state index contributed by atoms with van der Waals surface area (Å²) in [6.07, 6.45) is 0.441. The Hall–Kier alpha value is -3.99. The van der Waals surface area contributed by atoms with Gasteiger partial charge in [0.15, 0.2) is 11.5 Å².